The van der Waals surface area contributed by atoms with Crippen molar-refractivity contribution in [1.82, 2.24) is 0 Å². The van der Waals surface area contributed by atoms with Crippen LogP contribution in [-0.2, 0) is 6.67 Å². The Bertz CT molecular complexity index is 275. The van der Waals surface area contributed by atoms with Gasteiger partial charge in [-0.3, -0.25) is 0 Å². The fourth-order valence-corrected chi connectivity index (χ4v) is 1.95. The molecule has 1 aliphatic rings. The van der Waals surface area contributed by atoms with Gasteiger partial charge in [-0.15, -0.1) is 0 Å². The number of piperidine rings is 1. The number of hydrogen-bond donors (Lipinski definition) is 0. The Kier molecular flexibility index (Phi) is 3.02. The van der Waals surface area contributed by atoms with Gasteiger partial charge in [0.2, 0.25) is 0 Å². The molecule has 14 heavy (non-hydrogen) atoms. The normalized spacial score (nSPS) is 17.1. The van der Waals surface area contributed by atoms with E-state index in [1.54, 1.807) is 0 Å². The molecule has 2 rings (SSSR count). The molecule has 1 aromatic rings. The zero-order chi connectivity index (χ0) is 9.80. The molecule has 0 spiro atoms. The highest BCUT2D eigenvalue weighted by molar-refractivity contribution is 5.47. The van der Waals surface area contributed by atoms with E-state index in [2.05, 4.69) is 4.90 Å². The van der Waals surface area contributed by atoms with Crippen molar-refractivity contribution in [3.8, 4) is 0 Å². The quantitative estimate of drug-likeness (QED) is 0.697. The van der Waals surface area contributed by atoms with Crippen LogP contribution < -0.4 is 4.90 Å². The highest BCUT2D eigenvalue weighted by Crippen LogP contribution is 2.20. The molecule has 0 amide bonds. The number of hydrogen-bond acceptors (Lipinski definition) is 1. The van der Waals surface area contributed by atoms with E-state index in [0.29, 0.717) is 0 Å². The van der Waals surface area contributed by atoms with Crippen molar-refractivity contribution in [3.63, 3.8) is 0 Å². The van der Waals surface area contributed by atoms with Crippen LogP contribution in [0.25, 0.3) is 0 Å². The van der Waals surface area contributed by atoms with Gasteiger partial charge in [0.1, 0.15) is 6.67 Å². The molecule has 0 aromatic heterocycles. The van der Waals surface area contributed by atoms with E-state index in [1.807, 2.05) is 24.3 Å². The highest BCUT2D eigenvalue weighted by atomic mass is 19.1. The second-order valence-electron chi connectivity index (χ2n) is 3.85. The maximum atomic E-state index is 12.3. The Labute approximate surface area is 84.5 Å². The van der Waals surface area contributed by atoms with Gasteiger partial charge < -0.3 is 4.90 Å². The van der Waals surface area contributed by atoms with Gasteiger partial charge in [-0.05, 0) is 37.0 Å². The summed E-state index contributed by atoms with van der Waals surface area (Å²) in [5.41, 5.74) is 2.01. The summed E-state index contributed by atoms with van der Waals surface area (Å²) >= 11 is 0. The van der Waals surface area contributed by atoms with Gasteiger partial charge in [-0.25, -0.2) is 4.39 Å². The molecule has 1 heterocycles. The molecule has 1 aromatic carbocycles. The first-order chi connectivity index (χ1) is 6.90. The minimum Gasteiger partial charge on any atom is -0.372 e. The molecule has 0 atom stereocenters. The van der Waals surface area contributed by atoms with Crippen LogP contribution in [0, 0.1) is 0 Å². The topological polar surface area (TPSA) is 3.24 Å². The van der Waals surface area contributed by atoms with Crippen molar-refractivity contribution >= 4 is 5.69 Å². The number of benzene rings is 1. The molecular weight excluding hydrogens is 177 g/mol. The lowest BCUT2D eigenvalue weighted by atomic mass is 10.1. The third-order valence-corrected chi connectivity index (χ3v) is 2.81. The zero-order valence-corrected chi connectivity index (χ0v) is 8.38. The minimum atomic E-state index is -0.361. The molecule has 1 aliphatic heterocycles. The SMILES string of the molecule is FCc1ccc(N2CCCCC2)cc1. The van der Waals surface area contributed by atoms with E-state index in [9.17, 15) is 4.39 Å². The van der Waals surface area contributed by atoms with Gasteiger partial charge in [-0.1, -0.05) is 12.1 Å². The summed E-state index contributed by atoms with van der Waals surface area (Å²) in [5.74, 6) is 0. The molecule has 0 unspecified atom stereocenters. The molecule has 0 radical (unpaired) electrons. The average Bonchev–Trinajstić information content (AvgIpc) is 2.30. The predicted molar refractivity (Wildman–Crippen MR) is 57.3 cm³/mol. The maximum absolute atomic E-state index is 12.3. The van der Waals surface area contributed by atoms with Crippen LogP contribution >= 0.6 is 0 Å². The fraction of sp³-hybridized carbons (Fsp3) is 0.500. The molecule has 0 N–H and O–H groups in total. The highest BCUT2D eigenvalue weighted by Gasteiger charge is 2.10. The third-order valence-electron chi connectivity index (χ3n) is 2.81. The molecule has 76 valence electrons. The van der Waals surface area contributed by atoms with Gasteiger partial charge in [0.15, 0.2) is 0 Å². The summed E-state index contributed by atoms with van der Waals surface area (Å²) in [6.45, 7) is 1.93. The fourth-order valence-electron chi connectivity index (χ4n) is 1.95. The lowest BCUT2D eigenvalue weighted by Crippen LogP contribution is -2.29. The Morgan fingerprint density at radius 2 is 1.64 bits per heavy atom. The maximum Gasteiger partial charge on any atom is 0.115 e. The minimum absolute atomic E-state index is 0.361. The van der Waals surface area contributed by atoms with Gasteiger partial charge in [0.25, 0.3) is 0 Å². The van der Waals surface area contributed by atoms with Crippen molar-refractivity contribution < 1.29 is 4.39 Å². The number of halogens is 1. The van der Waals surface area contributed by atoms with Crippen LogP contribution in [0.15, 0.2) is 24.3 Å². The van der Waals surface area contributed by atoms with Crippen LogP contribution in [0.1, 0.15) is 24.8 Å². The monoisotopic (exact) mass is 193 g/mol. The van der Waals surface area contributed by atoms with Crippen molar-refractivity contribution in [1.29, 1.82) is 0 Å². The summed E-state index contributed by atoms with van der Waals surface area (Å²) in [6, 6.07) is 7.81. The van der Waals surface area contributed by atoms with Crippen molar-refractivity contribution in [2.24, 2.45) is 0 Å². The van der Waals surface area contributed by atoms with Gasteiger partial charge >= 0.3 is 0 Å². The van der Waals surface area contributed by atoms with Crippen molar-refractivity contribution in [3.05, 3.63) is 29.8 Å². The Balaban J connectivity index is 2.07. The molecule has 0 saturated carbocycles. The van der Waals surface area contributed by atoms with Crippen LogP contribution in [0.2, 0.25) is 0 Å². The first kappa shape index (κ1) is 9.50. The molecule has 0 bridgehead atoms. The van der Waals surface area contributed by atoms with Crippen LogP contribution in [-0.4, -0.2) is 13.1 Å². The zero-order valence-electron chi connectivity index (χ0n) is 8.38. The molecular formula is C12H16FN. The number of anilines is 1. The Hall–Kier alpha value is -1.05. The molecule has 2 heteroatoms. The van der Waals surface area contributed by atoms with Crippen LogP contribution in [0.5, 0.6) is 0 Å². The summed E-state index contributed by atoms with van der Waals surface area (Å²) in [7, 11) is 0. The number of rotatable bonds is 2. The number of nitrogens with zero attached hydrogens (tertiary/aromatic N) is 1. The first-order valence-corrected chi connectivity index (χ1v) is 5.30. The molecule has 1 fully saturated rings. The average molecular weight is 193 g/mol. The predicted octanol–water partition coefficient (Wildman–Crippen LogP) is 3.15. The largest absolute Gasteiger partial charge is 0.372 e. The second kappa shape index (κ2) is 4.45. The number of alkyl halides is 1. The van der Waals surface area contributed by atoms with E-state index < -0.39 is 0 Å². The molecule has 1 nitrogen and oxygen atoms in total. The molecule has 0 aliphatic carbocycles. The third kappa shape index (κ3) is 2.06. The van der Waals surface area contributed by atoms with E-state index >= 15 is 0 Å². The van der Waals surface area contributed by atoms with Crippen molar-refractivity contribution in [2.45, 2.75) is 25.9 Å². The van der Waals surface area contributed by atoms with Crippen LogP contribution in [0.4, 0.5) is 10.1 Å². The van der Waals surface area contributed by atoms with Gasteiger partial charge in [-0.2, -0.15) is 0 Å². The van der Waals surface area contributed by atoms with Gasteiger partial charge in [0, 0.05) is 18.8 Å². The Morgan fingerprint density at radius 1 is 1.00 bits per heavy atom. The lowest BCUT2D eigenvalue weighted by Gasteiger charge is -2.28. The summed E-state index contributed by atoms with van der Waals surface area (Å²) < 4.78 is 12.3. The Morgan fingerprint density at radius 3 is 2.21 bits per heavy atom. The summed E-state index contributed by atoms with van der Waals surface area (Å²) in [5, 5.41) is 0. The van der Waals surface area contributed by atoms with E-state index in [1.165, 1.54) is 24.9 Å². The first-order valence-electron chi connectivity index (χ1n) is 5.30. The van der Waals surface area contributed by atoms with E-state index in [4.69, 9.17) is 0 Å². The van der Waals surface area contributed by atoms with E-state index in [-0.39, 0.29) is 6.67 Å². The van der Waals surface area contributed by atoms with Gasteiger partial charge in [0.05, 0.1) is 0 Å². The standard InChI is InChI=1S/C12H16FN/c13-10-11-4-6-12(7-5-11)14-8-2-1-3-9-14/h4-7H,1-3,8-10H2. The summed E-state index contributed by atoms with van der Waals surface area (Å²) in [6.07, 6.45) is 3.91. The lowest BCUT2D eigenvalue weighted by molar-refractivity contribution is 0.485. The molecule has 1 saturated heterocycles. The van der Waals surface area contributed by atoms with E-state index in [0.717, 1.165) is 18.7 Å². The smallest absolute Gasteiger partial charge is 0.115 e. The van der Waals surface area contributed by atoms with Crippen molar-refractivity contribution in [2.75, 3.05) is 18.0 Å². The van der Waals surface area contributed by atoms with Crippen LogP contribution in [0.3, 0.4) is 0 Å². The second-order valence-corrected chi connectivity index (χ2v) is 3.85. The summed E-state index contributed by atoms with van der Waals surface area (Å²) in [4.78, 5) is 2.38.